The smallest absolute Gasteiger partial charge is 0.265 e. The lowest BCUT2D eigenvalue weighted by Crippen LogP contribution is -2.50. The summed E-state index contributed by atoms with van der Waals surface area (Å²) in [6.07, 6.45) is -0.0700. The lowest BCUT2D eigenvalue weighted by molar-refractivity contribution is -0.159. The Hall–Kier alpha value is -3.77. The first-order chi connectivity index (χ1) is 23.8. The second kappa shape index (κ2) is 23.6. The summed E-state index contributed by atoms with van der Waals surface area (Å²) in [6, 6.07) is 22.3. The summed E-state index contributed by atoms with van der Waals surface area (Å²) < 4.78 is 43.4. The largest absolute Gasteiger partial charge is 0.497 e. The Balaban J connectivity index is 0.000000647. The van der Waals surface area contributed by atoms with Crippen LogP contribution in [-0.4, -0.2) is 115 Å². The zero-order valence-electron chi connectivity index (χ0n) is 28.2. The van der Waals surface area contributed by atoms with Crippen molar-refractivity contribution in [1.29, 1.82) is 0 Å². The average Bonchev–Trinajstić information content (AvgIpc) is 3.15. The molecule has 0 unspecified atom stereocenters. The summed E-state index contributed by atoms with van der Waals surface area (Å²) >= 11 is 0. The second-order valence-corrected chi connectivity index (χ2v) is 12.3. The highest BCUT2D eigenvalue weighted by Crippen LogP contribution is 2.26. The van der Waals surface area contributed by atoms with Gasteiger partial charge in [-0.3, -0.25) is 19.7 Å². The number of methoxy groups -OCH3 is 2. The van der Waals surface area contributed by atoms with E-state index in [4.69, 9.17) is 29.6 Å². The van der Waals surface area contributed by atoms with Gasteiger partial charge in [-0.15, -0.1) is 0 Å². The highest BCUT2D eigenvalue weighted by atomic mass is 32.2. The number of hydrogen-bond donors (Lipinski definition) is 4. The molecule has 1 amide bonds. The summed E-state index contributed by atoms with van der Waals surface area (Å²) in [6.45, 7) is 7.68. The third-order valence-corrected chi connectivity index (χ3v) is 8.98. The van der Waals surface area contributed by atoms with Crippen LogP contribution in [0.3, 0.4) is 0 Å². The molecule has 1 fully saturated rings. The Labute approximate surface area is 289 Å². The molecule has 3 aromatic rings. The molecule has 0 radical (unpaired) electrons. The second-order valence-electron chi connectivity index (χ2n) is 10.5. The van der Waals surface area contributed by atoms with Crippen molar-refractivity contribution in [2.24, 2.45) is 5.73 Å². The molecule has 5 N–H and O–H groups in total. The van der Waals surface area contributed by atoms with Gasteiger partial charge in [0.15, 0.2) is 0 Å². The Morgan fingerprint density at radius 2 is 1.57 bits per heavy atom. The number of nitrogens with two attached hydrogens (primary N) is 1. The van der Waals surface area contributed by atoms with Gasteiger partial charge in [-0.1, -0.05) is 59.1 Å². The van der Waals surface area contributed by atoms with Crippen LogP contribution in [0.15, 0.2) is 83.8 Å². The van der Waals surface area contributed by atoms with Crippen molar-refractivity contribution in [2.45, 2.75) is 24.0 Å². The van der Waals surface area contributed by atoms with Crippen molar-refractivity contribution in [3.63, 3.8) is 0 Å². The van der Waals surface area contributed by atoms with Crippen LogP contribution in [-0.2, 0) is 40.5 Å². The van der Waals surface area contributed by atoms with E-state index in [0.29, 0.717) is 23.4 Å². The van der Waals surface area contributed by atoms with E-state index >= 15 is 0 Å². The summed E-state index contributed by atoms with van der Waals surface area (Å²) in [5, 5.41) is 12.5. The number of nitrogens with zero attached hydrogens (tertiary/aromatic N) is 2. The molecule has 0 bridgehead atoms. The van der Waals surface area contributed by atoms with Crippen molar-refractivity contribution in [3.8, 4) is 16.9 Å². The Morgan fingerprint density at radius 3 is 2.12 bits per heavy atom. The fraction of sp³-hybridized carbons (Fsp3) is 0.412. The minimum Gasteiger partial charge on any atom is -0.497 e. The van der Waals surface area contributed by atoms with Crippen LogP contribution in [0.1, 0.15) is 12.0 Å². The highest BCUT2D eigenvalue weighted by molar-refractivity contribution is 7.89. The lowest BCUT2D eigenvalue weighted by atomic mass is 10.1. The van der Waals surface area contributed by atoms with Gasteiger partial charge >= 0.3 is 0 Å². The minimum atomic E-state index is -4.30. The predicted octanol–water partition coefficient (Wildman–Crippen LogP) is 2.08. The summed E-state index contributed by atoms with van der Waals surface area (Å²) in [4.78, 5) is 28.1. The van der Waals surface area contributed by atoms with Crippen molar-refractivity contribution in [1.82, 2.24) is 20.2 Å². The van der Waals surface area contributed by atoms with E-state index in [0.717, 1.165) is 43.9 Å². The number of ether oxygens (including phenoxy) is 3. The van der Waals surface area contributed by atoms with Gasteiger partial charge in [0.05, 0.1) is 38.4 Å². The highest BCUT2D eigenvalue weighted by Gasteiger charge is 2.37. The molecule has 1 aliphatic heterocycles. The molecule has 3 aromatic carbocycles. The quantitative estimate of drug-likeness (QED) is 0.0915. The number of benzene rings is 3. The first-order valence-electron chi connectivity index (χ1n) is 15.7. The number of piperazine rings is 1. The van der Waals surface area contributed by atoms with Gasteiger partial charge in [-0.05, 0) is 53.9 Å². The van der Waals surface area contributed by atoms with Crippen LogP contribution < -0.4 is 21.3 Å². The van der Waals surface area contributed by atoms with Gasteiger partial charge in [-0.25, -0.2) is 13.9 Å². The molecule has 1 atom stereocenters. The van der Waals surface area contributed by atoms with E-state index in [1.165, 1.54) is 23.2 Å². The van der Waals surface area contributed by atoms with E-state index in [1.54, 1.807) is 26.4 Å². The summed E-state index contributed by atoms with van der Waals surface area (Å²) in [5.74, 6) is -0.241. The third kappa shape index (κ3) is 13.9. The molecule has 0 saturated carbocycles. The van der Waals surface area contributed by atoms with Crippen LogP contribution in [0.4, 0.5) is 0 Å². The van der Waals surface area contributed by atoms with E-state index in [9.17, 15) is 18.4 Å². The van der Waals surface area contributed by atoms with Crippen molar-refractivity contribution in [2.75, 3.05) is 73.3 Å². The van der Waals surface area contributed by atoms with Crippen molar-refractivity contribution < 1.29 is 42.3 Å². The monoisotopic (exact) mass is 703 g/mol. The fourth-order valence-electron chi connectivity index (χ4n) is 4.76. The van der Waals surface area contributed by atoms with E-state index < -0.39 is 22.0 Å². The molecule has 4 rings (SSSR count). The van der Waals surface area contributed by atoms with Gasteiger partial charge in [0.2, 0.25) is 0 Å². The number of rotatable bonds is 17. The number of hydroxylamine groups is 2. The molecular formula is C34H49N5O9S. The van der Waals surface area contributed by atoms with Crippen molar-refractivity contribution in [3.05, 3.63) is 84.4 Å². The average molecular weight is 704 g/mol. The van der Waals surface area contributed by atoms with E-state index in [2.05, 4.69) is 10.2 Å². The maximum atomic E-state index is 13.6. The maximum Gasteiger partial charge on any atom is 0.265 e. The number of carbonyl (C=O) groups is 2. The van der Waals surface area contributed by atoms with Crippen LogP contribution in [0.2, 0.25) is 0 Å². The summed E-state index contributed by atoms with van der Waals surface area (Å²) in [5.41, 5.74) is 10.0. The zero-order chi connectivity index (χ0) is 35.9. The topological polar surface area (TPSA) is 182 Å². The fourth-order valence-corrected chi connectivity index (χ4v) is 6.19. The van der Waals surface area contributed by atoms with E-state index in [1.807, 2.05) is 61.4 Å². The normalized spacial score (nSPS) is 13.7. The SMILES string of the molecule is C=O.COCc1ccccc1.COc1ccc(-c2ccc(S(=O)(=O)N(OCCOCCN3CCNCC3)[C@H](CCN)C(=O)NO)cc2)cc1. The molecule has 1 aliphatic rings. The molecule has 1 heterocycles. The van der Waals surface area contributed by atoms with Gasteiger partial charge in [0, 0.05) is 39.8 Å². The number of amides is 1. The van der Waals surface area contributed by atoms with Crippen LogP contribution in [0, 0.1) is 0 Å². The van der Waals surface area contributed by atoms with E-state index in [-0.39, 0.29) is 31.1 Å². The third-order valence-electron chi connectivity index (χ3n) is 7.28. The van der Waals surface area contributed by atoms with Gasteiger partial charge in [-0.2, -0.15) is 0 Å². The van der Waals surface area contributed by atoms with Gasteiger partial charge in [0.1, 0.15) is 18.6 Å². The van der Waals surface area contributed by atoms with Crippen LogP contribution >= 0.6 is 0 Å². The molecule has 0 spiro atoms. The van der Waals surface area contributed by atoms with Gasteiger partial charge in [0.25, 0.3) is 15.9 Å². The van der Waals surface area contributed by atoms with Crippen LogP contribution in [0.25, 0.3) is 11.1 Å². The number of carbonyl (C=O) groups excluding carboxylic acids is 2. The molecule has 1 saturated heterocycles. The molecule has 49 heavy (non-hydrogen) atoms. The molecule has 0 aliphatic carbocycles. The Bertz CT molecular complexity index is 1430. The van der Waals surface area contributed by atoms with Gasteiger partial charge < -0.3 is 30.1 Å². The first-order valence-corrected chi connectivity index (χ1v) is 17.2. The maximum absolute atomic E-state index is 13.6. The molecule has 14 nitrogen and oxygen atoms in total. The zero-order valence-corrected chi connectivity index (χ0v) is 29.0. The molecule has 0 aromatic heterocycles. The Kier molecular flexibility index (Phi) is 19.9. The predicted molar refractivity (Wildman–Crippen MR) is 185 cm³/mol. The van der Waals surface area contributed by atoms with Crippen molar-refractivity contribution >= 4 is 22.7 Å². The molecular weight excluding hydrogens is 654 g/mol. The minimum absolute atomic E-state index is 0.00886. The molecule has 15 heteroatoms. The standard InChI is InChI=1S/C25H37N5O7S.C8H10O.CH2O/c1-35-22-6-2-20(3-7-22)21-4-8-23(9-5-21)38(33,34)30(24(10-11-26)25(31)28-32)37-19-18-36-17-16-29-14-12-27-13-15-29;1-9-7-8-5-3-2-4-6-8;1-2/h2-9,24,27,32H,10-19,26H2,1H3,(H,28,31);2-6H,7H2,1H3;1H2/t24-;;/m1../s1. The molecule has 270 valence electrons. The first kappa shape index (κ1) is 41.4. The number of nitrogens with one attached hydrogen (secondary N) is 2. The lowest BCUT2D eigenvalue weighted by Gasteiger charge is -2.28. The Morgan fingerprint density at radius 1 is 0.959 bits per heavy atom. The van der Waals surface area contributed by atoms with Crippen LogP contribution in [0.5, 0.6) is 5.75 Å². The summed E-state index contributed by atoms with van der Waals surface area (Å²) in [7, 11) is -1.02. The number of hydrogen-bond acceptors (Lipinski definition) is 12. The number of sulfonamides is 1.